The van der Waals surface area contributed by atoms with Crippen molar-refractivity contribution in [2.24, 2.45) is 0 Å². The van der Waals surface area contributed by atoms with Crippen molar-refractivity contribution in [3.8, 4) is 0 Å². The van der Waals surface area contributed by atoms with Gasteiger partial charge in [-0.3, -0.25) is 0 Å². The van der Waals surface area contributed by atoms with Crippen LogP contribution < -0.4 is 15.1 Å². The summed E-state index contributed by atoms with van der Waals surface area (Å²) in [5.74, 6) is 0. The van der Waals surface area contributed by atoms with Gasteiger partial charge in [-0.15, -0.1) is 0 Å². The minimum absolute atomic E-state index is 0.990. The third-order valence-corrected chi connectivity index (χ3v) is 5.97. The quantitative estimate of drug-likeness (QED) is 0.864. The van der Waals surface area contributed by atoms with Crippen LogP contribution in [-0.4, -0.2) is 14.7 Å². The maximum Gasteiger partial charge on any atom is 0.212 e. The summed E-state index contributed by atoms with van der Waals surface area (Å²) < 4.78 is 25.7. The number of rotatable bonds is 4. The maximum atomic E-state index is 11.5. The topological polar surface area (TPSA) is 46.2 Å². The minimum Gasteiger partial charge on any atom is -0.212 e. The first-order chi connectivity index (χ1) is 8.56. The SMILES string of the molecule is CS(=O)(=O)NP(c1ccccc1)c1ccccc1. The fourth-order valence-corrected chi connectivity index (χ4v) is 4.98. The molecule has 0 heterocycles. The average Bonchev–Trinajstić information content (AvgIpc) is 2.37. The minimum atomic E-state index is -3.24. The standard InChI is InChI=1S/C13H14NO2PS/c1-18(15,16)14-17(12-8-4-2-5-9-12)13-10-6-3-7-11-13/h2-11,14H,1H3. The number of hydrogen-bond donors (Lipinski definition) is 1. The molecule has 0 saturated heterocycles. The van der Waals surface area contributed by atoms with E-state index in [0.717, 1.165) is 10.6 Å². The van der Waals surface area contributed by atoms with Crippen molar-refractivity contribution in [3.63, 3.8) is 0 Å². The van der Waals surface area contributed by atoms with Gasteiger partial charge in [0.1, 0.15) is 0 Å². The van der Waals surface area contributed by atoms with Crippen LogP contribution in [0.2, 0.25) is 0 Å². The molecule has 0 amide bonds. The molecule has 0 saturated carbocycles. The van der Waals surface area contributed by atoms with Crippen LogP contribution in [0, 0.1) is 0 Å². The molecule has 0 fully saturated rings. The van der Waals surface area contributed by atoms with Crippen molar-refractivity contribution in [1.82, 2.24) is 4.49 Å². The van der Waals surface area contributed by atoms with E-state index in [1.165, 1.54) is 6.26 Å². The van der Waals surface area contributed by atoms with Crippen molar-refractivity contribution in [2.45, 2.75) is 0 Å². The maximum absolute atomic E-state index is 11.5. The van der Waals surface area contributed by atoms with Crippen LogP contribution >= 0.6 is 8.07 Å². The molecule has 1 N–H and O–H groups in total. The molecule has 5 heteroatoms. The van der Waals surface area contributed by atoms with Gasteiger partial charge >= 0.3 is 0 Å². The van der Waals surface area contributed by atoms with Gasteiger partial charge < -0.3 is 0 Å². The molecule has 0 aliphatic heterocycles. The summed E-state index contributed by atoms with van der Waals surface area (Å²) in [5, 5.41) is 1.98. The van der Waals surface area contributed by atoms with Crippen molar-refractivity contribution in [3.05, 3.63) is 60.7 Å². The highest BCUT2D eigenvalue weighted by Crippen LogP contribution is 2.29. The Balaban J connectivity index is 2.42. The predicted molar refractivity (Wildman–Crippen MR) is 77.1 cm³/mol. The number of sulfonamides is 1. The van der Waals surface area contributed by atoms with Crippen LogP contribution in [0.5, 0.6) is 0 Å². The van der Waals surface area contributed by atoms with E-state index in [9.17, 15) is 8.42 Å². The molecule has 0 unspecified atom stereocenters. The Morgan fingerprint density at radius 1 is 0.833 bits per heavy atom. The molecule has 18 heavy (non-hydrogen) atoms. The second-order valence-corrected chi connectivity index (χ2v) is 7.85. The first-order valence-corrected chi connectivity index (χ1v) is 8.67. The molecule has 0 aromatic heterocycles. The number of nitrogens with one attached hydrogen (secondary N) is 1. The third-order valence-electron chi connectivity index (χ3n) is 2.29. The second kappa shape index (κ2) is 5.61. The van der Waals surface area contributed by atoms with Gasteiger partial charge in [0.2, 0.25) is 10.0 Å². The molecule has 0 spiro atoms. The van der Waals surface area contributed by atoms with Crippen LogP contribution in [0.25, 0.3) is 0 Å². The van der Waals surface area contributed by atoms with Crippen molar-refractivity contribution in [2.75, 3.05) is 6.26 Å². The second-order valence-electron chi connectivity index (χ2n) is 3.87. The smallest absolute Gasteiger partial charge is 0.212 e. The highest BCUT2D eigenvalue weighted by Gasteiger charge is 2.17. The molecule has 2 rings (SSSR count). The van der Waals surface area contributed by atoms with Crippen molar-refractivity contribution < 1.29 is 8.42 Å². The first-order valence-electron chi connectivity index (χ1n) is 5.44. The Morgan fingerprint density at radius 2 is 1.22 bits per heavy atom. The summed E-state index contributed by atoms with van der Waals surface area (Å²) in [4.78, 5) is 0. The van der Waals surface area contributed by atoms with Crippen LogP contribution in [0.15, 0.2) is 60.7 Å². The van der Waals surface area contributed by atoms with Gasteiger partial charge in [-0.2, -0.15) is 4.49 Å². The largest absolute Gasteiger partial charge is 0.212 e. The lowest BCUT2D eigenvalue weighted by molar-refractivity contribution is 0.600. The Labute approximate surface area is 109 Å². The van der Waals surface area contributed by atoms with Crippen LogP contribution in [-0.2, 0) is 10.0 Å². The molecule has 0 atom stereocenters. The van der Waals surface area contributed by atoms with E-state index in [4.69, 9.17) is 0 Å². The van der Waals surface area contributed by atoms with E-state index in [-0.39, 0.29) is 0 Å². The lowest BCUT2D eigenvalue weighted by Gasteiger charge is -2.18. The fraction of sp³-hybridized carbons (Fsp3) is 0.0769. The molecular formula is C13H14NO2PS. The fourth-order valence-electron chi connectivity index (χ4n) is 1.57. The predicted octanol–water partition coefficient (Wildman–Crippen LogP) is 1.58. The highest BCUT2D eigenvalue weighted by molar-refractivity contribution is 7.97. The van der Waals surface area contributed by atoms with E-state index in [1.807, 2.05) is 60.7 Å². The van der Waals surface area contributed by atoms with Crippen LogP contribution in [0.3, 0.4) is 0 Å². The van der Waals surface area contributed by atoms with Gasteiger partial charge in [-0.1, -0.05) is 60.7 Å². The van der Waals surface area contributed by atoms with E-state index in [2.05, 4.69) is 4.49 Å². The molecule has 0 aliphatic rings. The Hall–Kier alpha value is -1.22. The summed E-state index contributed by atoms with van der Waals surface area (Å²) in [6.07, 6.45) is 1.19. The Bertz CT molecular complexity index is 560. The van der Waals surface area contributed by atoms with Gasteiger partial charge in [0, 0.05) is 8.07 Å². The van der Waals surface area contributed by atoms with Gasteiger partial charge in [-0.05, 0) is 10.6 Å². The van der Waals surface area contributed by atoms with E-state index in [1.54, 1.807) is 0 Å². The molecule has 3 nitrogen and oxygen atoms in total. The zero-order valence-electron chi connectivity index (χ0n) is 9.95. The number of hydrogen-bond acceptors (Lipinski definition) is 2. The summed E-state index contributed by atoms with van der Waals surface area (Å²) in [7, 11) is -4.32. The van der Waals surface area contributed by atoms with Gasteiger partial charge in [0.05, 0.1) is 6.26 Å². The molecule has 2 aromatic rings. The molecule has 0 radical (unpaired) electrons. The first kappa shape index (κ1) is 13.2. The monoisotopic (exact) mass is 279 g/mol. The van der Waals surface area contributed by atoms with E-state index in [0.29, 0.717) is 0 Å². The lowest BCUT2D eigenvalue weighted by atomic mass is 10.4. The zero-order chi connectivity index (χ0) is 13.0. The van der Waals surface area contributed by atoms with Gasteiger partial charge in [-0.25, -0.2) is 8.42 Å². The highest BCUT2D eigenvalue weighted by atomic mass is 32.2. The zero-order valence-corrected chi connectivity index (χ0v) is 11.7. The van der Waals surface area contributed by atoms with E-state index >= 15 is 0 Å². The normalized spacial score (nSPS) is 11.7. The molecule has 0 bridgehead atoms. The molecule has 0 aliphatic carbocycles. The molecule has 2 aromatic carbocycles. The van der Waals surface area contributed by atoms with Crippen LogP contribution in [0.1, 0.15) is 0 Å². The number of benzene rings is 2. The third kappa shape index (κ3) is 3.64. The summed E-state index contributed by atoms with van der Waals surface area (Å²) in [6.45, 7) is 0. The van der Waals surface area contributed by atoms with Gasteiger partial charge in [0.25, 0.3) is 0 Å². The van der Waals surface area contributed by atoms with Gasteiger partial charge in [0.15, 0.2) is 0 Å². The Morgan fingerprint density at radius 3 is 1.56 bits per heavy atom. The molecule has 94 valence electrons. The van der Waals surface area contributed by atoms with Crippen molar-refractivity contribution in [1.29, 1.82) is 0 Å². The lowest BCUT2D eigenvalue weighted by Crippen LogP contribution is -2.27. The molecular weight excluding hydrogens is 265 g/mol. The summed E-state index contributed by atoms with van der Waals surface area (Å²) in [5.41, 5.74) is 0. The van der Waals surface area contributed by atoms with Crippen LogP contribution in [0.4, 0.5) is 0 Å². The Kier molecular flexibility index (Phi) is 4.12. The average molecular weight is 279 g/mol. The van der Waals surface area contributed by atoms with E-state index < -0.39 is 18.1 Å². The van der Waals surface area contributed by atoms with Crippen molar-refractivity contribution >= 4 is 28.7 Å². The summed E-state index contributed by atoms with van der Waals surface area (Å²) >= 11 is 0. The summed E-state index contributed by atoms with van der Waals surface area (Å²) in [6, 6.07) is 19.3.